The molecular weight excluding hydrogens is 424 g/mol. The lowest BCUT2D eigenvalue weighted by Gasteiger charge is -2.09. The van der Waals surface area contributed by atoms with E-state index in [4.69, 9.17) is 20.8 Å². The lowest BCUT2D eigenvalue weighted by Crippen LogP contribution is -2.20. The smallest absolute Gasteiger partial charge is 0.262 e. The van der Waals surface area contributed by atoms with E-state index in [1.807, 2.05) is 37.3 Å². The Kier molecular flexibility index (Phi) is 6.47. The first-order valence-electron chi connectivity index (χ1n) is 10.6. The standard InChI is InChI=1S/C26H25ClN2O3/c1-4-16(2)18-8-11-24-23(14-18)29-26(32-24)19-6-5-7-20(13-19)28-25(30)15-31-21-9-10-22(27)17(3)12-21/h5-14,16H,4,15H2,1-3H3,(H,28,30)/t16-/m0/s1. The van der Waals surface area contributed by atoms with Crippen molar-refractivity contribution in [2.45, 2.75) is 33.1 Å². The molecule has 32 heavy (non-hydrogen) atoms. The van der Waals surface area contributed by atoms with Crippen LogP contribution in [0.1, 0.15) is 37.3 Å². The Bertz CT molecular complexity index is 1270. The van der Waals surface area contributed by atoms with Gasteiger partial charge in [0.25, 0.3) is 5.91 Å². The van der Waals surface area contributed by atoms with Gasteiger partial charge in [-0.2, -0.15) is 0 Å². The van der Waals surface area contributed by atoms with Crippen molar-refractivity contribution in [2.75, 3.05) is 11.9 Å². The number of aromatic nitrogens is 1. The predicted molar refractivity (Wildman–Crippen MR) is 128 cm³/mol. The number of hydrogen-bond acceptors (Lipinski definition) is 4. The normalized spacial score (nSPS) is 12.0. The zero-order valence-electron chi connectivity index (χ0n) is 18.3. The summed E-state index contributed by atoms with van der Waals surface area (Å²) in [4.78, 5) is 17.0. The Labute approximate surface area is 192 Å². The minimum Gasteiger partial charge on any atom is -0.484 e. The predicted octanol–water partition coefficient (Wildman–Crippen LogP) is 6.99. The van der Waals surface area contributed by atoms with E-state index >= 15 is 0 Å². The van der Waals surface area contributed by atoms with Crippen molar-refractivity contribution in [3.05, 3.63) is 76.8 Å². The molecule has 6 heteroatoms. The van der Waals surface area contributed by atoms with E-state index < -0.39 is 0 Å². The van der Waals surface area contributed by atoms with Crippen LogP contribution in [0.5, 0.6) is 5.75 Å². The second kappa shape index (κ2) is 9.45. The maximum atomic E-state index is 12.4. The van der Waals surface area contributed by atoms with E-state index in [0.29, 0.717) is 28.3 Å². The van der Waals surface area contributed by atoms with Gasteiger partial charge in [-0.25, -0.2) is 4.98 Å². The summed E-state index contributed by atoms with van der Waals surface area (Å²) in [6, 6.07) is 18.8. The number of nitrogens with zero attached hydrogens (tertiary/aromatic N) is 1. The van der Waals surface area contributed by atoms with Crippen LogP contribution in [-0.2, 0) is 4.79 Å². The molecule has 1 aromatic heterocycles. The average molecular weight is 449 g/mol. The summed E-state index contributed by atoms with van der Waals surface area (Å²) < 4.78 is 11.5. The molecule has 0 radical (unpaired) electrons. The largest absolute Gasteiger partial charge is 0.484 e. The fourth-order valence-corrected chi connectivity index (χ4v) is 3.51. The molecule has 0 fully saturated rings. The number of ether oxygens (including phenoxy) is 1. The molecule has 164 valence electrons. The summed E-state index contributed by atoms with van der Waals surface area (Å²) in [5.74, 6) is 1.33. The maximum absolute atomic E-state index is 12.4. The third-order valence-corrected chi connectivity index (χ3v) is 5.91. The van der Waals surface area contributed by atoms with Gasteiger partial charge in [0.15, 0.2) is 12.2 Å². The van der Waals surface area contributed by atoms with E-state index in [2.05, 4.69) is 36.3 Å². The van der Waals surface area contributed by atoms with Gasteiger partial charge in [0.2, 0.25) is 5.89 Å². The third-order valence-electron chi connectivity index (χ3n) is 5.49. The monoisotopic (exact) mass is 448 g/mol. The van der Waals surface area contributed by atoms with Crippen molar-refractivity contribution in [2.24, 2.45) is 0 Å². The molecule has 1 N–H and O–H groups in total. The van der Waals surface area contributed by atoms with E-state index in [-0.39, 0.29) is 12.5 Å². The van der Waals surface area contributed by atoms with Gasteiger partial charge in [0, 0.05) is 16.3 Å². The molecule has 4 rings (SSSR count). The Morgan fingerprint density at radius 3 is 2.78 bits per heavy atom. The molecular formula is C26H25ClN2O3. The second-order valence-electron chi connectivity index (χ2n) is 7.88. The van der Waals surface area contributed by atoms with Crippen molar-refractivity contribution in [3.63, 3.8) is 0 Å². The molecule has 0 bridgehead atoms. The minimum atomic E-state index is -0.259. The summed E-state index contributed by atoms with van der Waals surface area (Å²) in [7, 11) is 0. The Hall–Kier alpha value is -3.31. The average Bonchev–Trinajstić information content (AvgIpc) is 3.23. The minimum absolute atomic E-state index is 0.105. The van der Waals surface area contributed by atoms with Crippen molar-refractivity contribution in [3.8, 4) is 17.2 Å². The molecule has 1 heterocycles. The van der Waals surface area contributed by atoms with Crippen LogP contribution in [0.2, 0.25) is 5.02 Å². The number of fused-ring (bicyclic) bond motifs is 1. The molecule has 0 saturated carbocycles. The maximum Gasteiger partial charge on any atom is 0.262 e. The number of nitrogens with one attached hydrogen (secondary N) is 1. The van der Waals surface area contributed by atoms with Gasteiger partial charge in [0.05, 0.1) is 0 Å². The Balaban J connectivity index is 1.46. The fourth-order valence-electron chi connectivity index (χ4n) is 3.39. The van der Waals surface area contributed by atoms with Crippen LogP contribution in [0.25, 0.3) is 22.6 Å². The van der Waals surface area contributed by atoms with Crippen LogP contribution < -0.4 is 10.1 Å². The zero-order valence-corrected chi connectivity index (χ0v) is 19.1. The van der Waals surface area contributed by atoms with Crippen molar-refractivity contribution in [1.82, 2.24) is 4.98 Å². The van der Waals surface area contributed by atoms with Gasteiger partial charge >= 0.3 is 0 Å². The van der Waals surface area contributed by atoms with Crippen molar-refractivity contribution < 1.29 is 13.9 Å². The molecule has 1 atom stereocenters. The van der Waals surface area contributed by atoms with Crippen LogP contribution in [0.3, 0.4) is 0 Å². The quantitative estimate of drug-likeness (QED) is 0.331. The molecule has 3 aromatic carbocycles. The molecule has 0 aliphatic rings. The van der Waals surface area contributed by atoms with Gasteiger partial charge in [0.1, 0.15) is 11.3 Å². The van der Waals surface area contributed by atoms with E-state index in [9.17, 15) is 4.79 Å². The molecule has 0 spiro atoms. The van der Waals surface area contributed by atoms with Crippen LogP contribution in [0, 0.1) is 6.92 Å². The number of oxazole rings is 1. The van der Waals surface area contributed by atoms with Gasteiger partial charge in [-0.05, 0) is 78.9 Å². The highest BCUT2D eigenvalue weighted by atomic mass is 35.5. The Morgan fingerprint density at radius 2 is 2.00 bits per heavy atom. The first kappa shape index (κ1) is 21.9. The Morgan fingerprint density at radius 1 is 1.16 bits per heavy atom. The number of rotatable bonds is 7. The van der Waals surface area contributed by atoms with Gasteiger partial charge in [-0.15, -0.1) is 0 Å². The number of halogens is 1. The van der Waals surface area contributed by atoms with Crippen molar-refractivity contribution in [1.29, 1.82) is 0 Å². The lowest BCUT2D eigenvalue weighted by molar-refractivity contribution is -0.118. The number of anilines is 1. The fraction of sp³-hybridized carbons (Fsp3) is 0.231. The summed E-state index contributed by atoms with van der Waals surface area (Å²) in [5.41, 5.74) is 5.15. The van der Waals surface area contributed by atoms with Gasteiger partial charge in [-0.1, -0.05) is 37.6 Å². The number of aryl methyl sites for hydroxylation is 1. The van der Waals surface area contributed by atoms with Crippen LogP contribution >= 0.6 is 11.6 Å². The van der Waals surface area contributed by atoms with E-state index in [1.165, 1.54) is 5.56 Å². The SMILES string of the molecule is CC[C@H](C)c1ccc2oc(-c3cccc(NC(=O)COc4ccc(Cl)c(C)c4)c3)nc2c1. The van der Waals surface area contributed by atoms with E-state index in [1.54, 1.807) is 18.2 Å². The molecule has 0 saturated heterocycles. The zero-order chi connectivity index (χ0) is 22.7. The highest BCUT2D eigenvalue weighted by Gasteiger charge is 2.12. The van der Waals surface area contributed by atoms with Crippen LogP contribution in [0.15, 0.2) is 65.1 Å². The molecule has 0 unspecified atom stereocenters. The first-order valence-corrected chi connectivity index (χ1v) is 11.0. The third kappa shape index (κ3) is 4.94. The highest BCUT2D eigenvalue weighted by molar-refractivity contribution is 6.31. The summed E-state index contributed by atoms with van der Waals surface area (Å²) >= 11 is 6.02. The van der Waals surface area contributed by atoms with Crippen LogP contribution in [0.4, 0.5) is 5.69 Å². The number of carbonyl (C=O) groups excluding carboxylic acids is 1. The highest BCUT2D eigenvalue weighted by Crippen LogP contribution is 2.29. The second-order valence-corrected chi connectivity index (χ2v) is 8.29. The summed E-state index contributed by atoms with van der Waals surface area (Å²) in [6.45, 7) is 6.15. The molecule has 1 amide bonds. The molecule has 0 aliphatic heterocycles. The van der Waals surface area contributed by atoms with Gasteiger partial charge in [-0.3, -0.25) is 4.79 Å². The first-order chi connectivity index (χ1) is 15.4. The van der Waals surface area contributed by atoms with Crippen LogP contribution in [-0.4, -0.2) is 17.5 Å². The molecule has 4 aromatic rings. The number of carbonyl (C=O) groups is 1. The lowest BCUT2D eigenvalue weighted by atomic mass is 9.98. The summed E-state index contributed by atoms with van der Waals surface area (Å²) in [6.07, 6.45) is 1.07. The summed E-state index contributed by atoms with van der Waals surface area (Å²) in [5, 5.41) is 3.52. The van der Waals surface area contributed by atoms with Crippen molar-refractivity contribution >= 4 is 34.3 Å². The van der Waals surface area contributed by atoms with E-state index in [0.717, 1.165) is 28.6 Å². The number of hydrogen-bond donors (Lipinski definition) is 1. The van der Waals surface area contributed by atoms with Gasteiger partial charge < -0.3 is 14.5 Å². The molecule has 0 aliphatic carbocycles. The number of amides is 1. The topological polar surface area (TPSA) is 64.4 Å². The molecule has 5 nitrogen and oxygen atoms in total. The number of benzene rings is 3.